The van der Waals surface area contributed by atoms with E-state index in [2.05, 4.69) is 10.0 Å². The number of rotatable bonds is 7. The second-order valence-electron chi connectivity index (χ2n) is 4.21. The minimum absolute atomic E-state index is 0.0281. The molecule has 0 saturated carbocycles. The summed E-state index contributed by atoms with van der Waals surface area (Å²) in [5.74, 6) is -1.15. The molecular formula is C12H17N3O5S. The van der Waals surface area contributed by atoms with Crippen molar-refractivity contribution in [1.82, 2.24) is 10.0 Å². The maximum Gasteiger partial charge on any atom is 0.323 e. The molecule has 0 heterocycles. The Morgan fingerprint density at radius 3 is 2.33 bits per heavy atom. The molecule has 0 aliphatic heterocycles. The quantitative estimate of drug-likeness (QED) is 0.604. The topological polar surface area (TPSA) is 116 Å². The third kappa shape index (κ3) is 6.72. The number of amides is 2. The van der Waals surface area contributed by atoms with E-state index in [-0.39, 0.29) is 13.1 Å². The summed E-state index contributed by atoms with van der Waals surface area (Å²) in [4.78, 5) is 23.9. The highest BCUT2D eigenvalue weighted by atomic mass is 32.2. The highest BCUT2D eigenvalue weighted by Crippen LogP contribution is 2.12. The second kappa shape index (κ2) is 7.60. The van der Waals surface area contributed by atoms with Crippen LogP contribution in [0.3, 0.4) is 0 Å². The van der Waals surface area contributed by atoms with Crippen LogP contribution in [-0.2, 0) is 14.8 Å². The van der Waals surface area contributed by atoms with Crippen molar-refractivity contribution < 1.29 is 23.1 Å². The number of carbonyl (C=O) groups is 2. The van der Waals surface area contributed by atoms with Crippen LogP contribution in [0.4, 0.5) is 10.5 Å². The molecule has 2 amide bonds. The van der Waals surface area contributed by atoms with E-state index >= 15 is 0 Å². The molecule has 0 saturated heterocycles. The molecule has 0 radical (unpaired) electrons. The van der Waals surface area contributed by atoms with Gasteiger partial charge in [0.25, 0.3) is 0 Å². The molecule has 9 heteroatoms. The smallest absolute Gasteiger partial charge is 0.323 e. The average Bonchev–Trinajstić information content (AvgIpc) is 2.40. The molecule has 0 atom stereocenters. The van der Waals surface area contributed by atoms with Crippen molar-refractivity contribution in [1.29, 1.82) is 0 Å². The summed E-state index contributed by atoms with van der Waals surface area (Å²) in [6.45, 7) is -0.412. The van der Waals surface area contributed by atoms with E-state index < -0.39 is 28.6 Å². The van der Waals surface area contributed by atoms with E-state index in [1.165, 1.54) is 0 Å². The summed E-state index contributed by atoms with van der Waals surface area (Å²) in [5, 5.41) is 11.3. The zero-order valence-electron chi connectivity index (χ0n) is 11.4. The van der Waals surface area contributed by atoms with Gasteiger partial charge in [-0.25, -0.2) is 17.9 Å². The first-order valence-electron chi connectivity index (χ1n) is 6.06. The van der Waals surface area contributed by atoms with Crippen LogP contribution in [0.5, 0.6) is 0 Å². The van der Waals surface area contributed by atoms with Crippen LogP contribution in [0.2, 0.25) is 0 Å². The summed E-state index contributed by atoms with van der Waals surface area (Å²) in [7, 11) is -3.32. The van der Waals surface area contributed by atoms with Crippen LogP contribution in [0.15, 0.2) is 30.3 Å². The van der Waals surface area contributed by atoms with Crippen molar-refractivity contribution in [3.8, 4) is 0 Å². The van der Waals surface area contributed by atoms with Crippen LogP contribution >= 0.6 is 0 Å². The van der Waals surface area contributed by atoms with Crippen LogP contribution in [0, 0.1) is 0 Å². The van der Waals surface area contributed by atoms with Crippen LogP contribution < -0.4 is 14.9 Å². The van der Waals surface area contributed by atoms with Gasteiger partial charge in [-0.15, -0.1) is 0 Å². The molecule has 8 nitrogen and oxygen atoms in total. The Kier molecular flexibility index (Phi) is 6.12. The number of sulfonamides is 1. The van der Waals surface area contributed by atoms with Crippen LogP contribution in [0.1, 0.15) is 0 Å². The van der Waals surface area contributed by atoms with Gasteiger partial charge in [0.05, 0.1) is 6.26 Å². The third-order valence-electron chi connectivity index (χ3n) is 2.37. The molecule has 1 rings (SSSR count). The van der Waals surface area contributed by atoms with Crippen LogP contribution in [-0.4, -0.2) is 51.4 Å². The van der Waals surface area contributed by atoms with Gasteiger partial charge < -0.3 is 10.4 Å². The van der Waals surface area contributed by atoms with Gasteiger partial charge in [-0.3, -0.25) is 9.69 Å². The van der Waals surface area contributed by atoms with Gasteiger partial charge in [0.2, 0.25) is 10.0 Å². The van der Waals surface area contributed by atoms with E-state index in [9.17, 15) is 18.0 Å². The first-order chi connectivity index (χ1) is 9.79. The summed E-state index contributed by atoms with van der Waals surface area (Å²) in [5.41, 5.74) is 0.438. The number of carboxylic acids is 1. The number of hydrogen-bond acceptors (Lipinski definition) is 4. The number of nitrogens with one attached hydrogen (secondary N) is 2. The van der Waals surface area contributed by atoms with Gasteiger partial charge in [-0.2, -0.15) is 0 Å². The molecule has 21 heavy (non-hydrogen) atoms. The number of carbonyl (C=O) groups excluding carboxylic acids is 1. The number of nitrogens with zero attached hydrogens (tertiary/aromatic N) is 1. The molecule has 0 fully saturated rings. The molecule has 1 aromatic rings. The molecule has 0 aliphatic carbocycles. The van der Waals surface area contributed by atoms with Crippen molar-refractivity contribution in [3.63, 3.8) is 0 Å². The van der Waals surface area contributed by atoms with Crippen molar-refractivity contribution in [3.05, 3.63) is 30.3 Å². The Morgan fingerprint density at radius 2 is 1.81 bits per heavy atom. The molecule has 0 spiro atoms. The van der Waals surface area contributed by atoms with E-state index in [1.807, 2.05) is 0 Å². The monoisotopic (exact) mass is 315 g/mol. The lowest BCUT2D eigenvalue weighted by Gasteiger charge is -2.21. The van der Waals surface area contributed by atoms with Crippen molar-refractivity contribution >= 4 is 27.7 Å². The highest BCUT2D eigenvalue weighted by Gasteiger charge is 2.18. The lowest BCUT2D eigenvalue weighted by atomic mass is 10.3. The fourth-order valence-electron chi connectivity index (χ4n) is 1.52. The van der Waals surface area contributed by atoms with Gasteiger partial charge in [0.15, 0.2) is 0 Å². The number of hydrogen-bond donors (Lipinski definition) is 3. The Labute approximate surface area is 122 Å². The second-order valence-corrected chi connectivity index (χ2v) is 6.05. The molecule has 0 aliphatic rings. The predicted molar refractivity (Wildman–Crippen MR) is 77.7 cm³/mol. The summed E-state index contributed by atoms with van der Waals surface area (Å²) in [6, 6.07) is 7.72. The zero-order chi connectivity index (χ0) is 15.9. The van der Waals surface area contributed by atoms with E-state index in [0.717, 1.165) is 11.2 Å². The fraction of sp³-hybridized carbons (Fsp3) is 0.333. The Bertz CT molecular complexity index is 588. The Balaban J connectivity index is 2.63. The summed E-state index contributed by atoms with van der Waals surface area (Å²) in [6.07, 6.45) is 1.01. The zero-order valence-corrected chi connectivity index (χ0v) is 12.3. The molecule has 116 valence electrons. The standard InChI is InChI=1S/C12H17N3O5S/c1-21(19,20)14-8-7-13-12(18)15(9-11(16)17)10-5-3-2-4-6-10/h2-6,14H,7-9H2,1H3,(H,13,18)(H,16,17). The van der Waals surface area contributed by atoms with Gasteiger partial charge >= 0.3 is 12.0 Å². The van der Waals surface area contributed by atoms with E-state index in [4.69, 9.17) is 5.11 Å². The number of anilines is 1. The number of carboxylic acid groups (broad SMARTS) is 1. The van der Waals surface area contributed by atoms with Crippen LogP contribution in [0.25, 0.3) is 0 Å². The first-order valence-corrected chi connectivity index (χ1v) is 7.95. The van der Waals surface area contributed by atoms with Crippen molar-refractivity contribution in [2.24, 2.45) is 0 Å². The van der Waals surface area contributed by atoms with E-state index in [0.29, 0.717) is 5.69 Å². The molecule has 1 aromatic carbocycles. The third-order valence-corrected chi connectivity index (χ3v) is 3.10. The summed E-state index contributed by atoms with van der Waals surface area (Å²) >= 11 is 0. The van der Waals surface area contributed by atoms with Gasteiger partial charge in [-0.1, -0.05) is 18.2 Å². The largest absolute Gasteiger partial charge is 0.480 e. The number of aliphatic carboxylic acids is 1. The SMILES string of the molecule is CS(=O)(=O)NCCNC(=O)N(CC(=O)O)c1ccccc1. The summed E-state index contributed by atoms with van der Waals surface area (Å²) < 4.78 is 23.9. The molecule has 0 aromatic heterocycles. The van der Waals surface area contributed by atoms with Crippen molar-refractivity contribution in [2.75, 3.05) is 30.8 Å². The maximum atomic E-state index is 12.0. The minimum atomic E-state index is -3.32. The predicted octanol–water partition coefficient (Wildman–Crippen LogP) is -0.164. The normalized spacial score (nSPS) is 10.9. The number of urea groups is 1. The molecular weight excluding hydrogens is 298 g/mol. The lowest BCUT2D eigenvalue weighted by molar-refractivity contribution is -0.135. The van der Waals surface area contributed by atoms with Gasteiger partial charge in [0.1, 0.15) is 6.54 Å². The highest BCUT2D eigenvalue weighted by molar-refractivity contribution is 7.88. The fourth-order valence-corrected chi connectivity index (χ4v) is 2.00. The Morgan fingerprint density at radius 1 is 1.19 bits per heavy atom. The number of para-hydroxylation sites is 1. The molecule has 3 N–H and O–H groups in total. The van der Waals surface area contributed by atoms with Gasteiger partial charge in [0, 0.05) is 18.8 Å². The Hall–Kier alpha value is -2.13. The van der Waals surface area contributed by atoms with E-state index in [1.54, 1.807) is 30.3 Å². The maximum absolute atomic E-state index is 12.0. The minimum Gasteiger partial charge on any atom is -0.480 e. The lowest BCUT2D eigenvalue weighted by Crippen LogP contribution is -2.45. The molecule has 0 bridgehead atoms. The van der Waals surface area contributed by atoms with Crippen molar-refractivity contribution in [2.45, 2.75) is 0 Å². The first kappa shape index (κ1) is 16.9. The van der Waals surface area contributed by atoms with Gasteiger partial charge in [-0.05, 0) is 12.1 Å². The number of benzene rings is 1. The average molecular weight is 315 g/mol. The molecule has 0 unspecified atom stereocenters.